The van der Waals surface area contributed by atoms with Gasteiger partial charge < -0.3 is 14.8 Å². The maximum atomic E-state index is 12.4. The molecule has 0 unspecified atom stereocenters. The van der Waals surface area contributed by atoms with Crippen molar-refractivity contribution < 1.29 is 19.1 Å². The number of carboxylic acids is 1. The van der Waals surface area contributed by atoms with Crippen molar-refractivity contribution in [2.75, 3.05) is 0 Å². The Morgan fingerprint density at radius 2 is 2.17 bits per heavy atom. The Balaban J connectivity index is 1.76. The molecule has 0 atom stereocenters. The van der Waals surface area contributed by atoms with E-state index in [9.17, 15) is 14.7 Å². The highest BCUT2D eigenvalue weighted by Gasteiger charge is 2.42. The number of thiazole rings is 1. The van der Waals surface area contributed by atoms with Gasteiger partial charge in [-0.05, 0) is 37.7 Å². The number of furan rings is 1. The number of rotatable bonds is 4. The number of nitrogens with zero attached hydrogens (tertiary/aromatic N) is 1. The van der Waals surface area contributed by atoms with Gasteiger partial charge in [-0.1, -0.05) is 6.92 Å². The predicted molar refractivity (Wildman–Crippen MR) is 85.3 cm³/mol. The average molecular weight is 334 g/mol. The van der Waals surface area contributed by atoms with Crippen LogP contribution < -0.4 is 5.32 Å². The Bertz CT molecular complexity index is 699. The van der Waals surface area contributed by atoms with Crippen molar-refractivity contribution in [3.05, 3.63) is 29.7 Å². The summed E-state index contributed by atoms with van der Waals surface area (Å²) in [5.41, 5.74) is -0.137. The van der Waals surface area contributed by atoms with Gasteiger partial charge in [-0.25, -0.2) is 9.78 Å². The van der Waals surface area contributed by atoms with Crippen molar-refractivity contribution in [2.45, 2.75) is 38.1 Å². The molecule has 0 radical (unpaired) electrons. The topological polar surface area (TPSA) is 92.4 Å². The first-order chi connectivity index (χ1) is 11.0. The van der Waals surface area contributed by atoms with E-state index in [1.165, 1.54) is 11.3 Å². The van der Waals surface area contributed by atoms with Gasteiger partial charge in [-0.3, -0.25) is 4.79 Å². The number of aliphatic carboxylic acids is 1. The molecule has 2 heterocycles. The lowest BCUT2D eigenvalue weighted by atomic mass is 9.77. The molecule has 0 spiro atoms. The van der Waals surface area contributed by atoms with Crippen LogP contribution in [0.5, 0.6) is 0 Å². The van der Waals surface area contributed by atoms with Crippen molar-refractivity contribution in [1.29, 1.82) is 0 Å². The Labute approximate surface area is 137 Å². The van der Waals surface area contributed by atoms with Gasteiger partial charge in [0.2, 0.25) is 0 Å². The molecule has 1 aliphatic carbocycles. The Hall–Kier alpha value is -2.15. The first kappa shape index (κ1) is 15.7. The zero-order chi connectivity index (χ0) is 16.4. The fourth-order valence-corrected chi connectivity index (χ4v) is 3.61. The van der Waals surface area contributed by atoms with Gasteiger partial charge >= 0.3 is 5.97 Å². The monoisotopic (exact) mass is 334 g/mol. The minimum Gasteiger partial charge on any atom is -0.480 e. The average Bonchev–Trinajstić information content (AvgIpc) is 3.20. The smallest absolute Gasteiger partial charge is 0.329 e. The highest BCUT2D eigenvalue weighted by atomic mass is 32.1. The van der Waals surface area contributed by atoms with Crippen LogP contribution in [-0.2, 0) is 4.79 Å². The highest BCUT2D eigenvalue weighted by Crippen LogP contribution is 2.33. The third-order valence-corrected chi connectivity index (χ3v) is 5.29. The van der Waals surface area contributed by atoms with Gasteiger partial charge in [0, 0.05) is 10.9 Å². The van der Waals surface area contributed by atoms with Crippen LogP contribution in [0.1, 0.15) is 43.1 Å². The maximum Gasteiger partial charge on any atom is 0.329 e. The van der Waals surface area contributed by atoms with E-state index in [-0.39, 0.29) is 5.69 Å². The number of hydrogen-bond donors (Lipinski definition) is 2. The lowest BCUT2D eigenvalue weighted by Gasteiger charge is -2.36. The van der Waals surface area contributed by atoms with Gasteiger partial charge in [0.05, 0.1) is 6.26 Å². The normalized spacial score (nSPS) is 24.3. The SMILES string of the molecule is CC1CCC(NC(=O)c2csc(-c3ccoc3)n2)(C(=O)O)CC1. The van der Waals surface area contributed by atoms with Crippen LogP contribution in [0.3, 0.4) is 0 Å². The molecular formula is C16H18N2O4S. The van der Waals surface area contributed by atoms with Gasteiger partial charge in [0.25, 0.3) is 5.91 Å². The van der Waals surface area contributed by atoms with Crippen LogP contribution in [0.25, 0.3) is 10.6 Å². The molecule has 1 saturated carbocycles. The van der Waals surface area contributed by atoms with Crippen molar-refractivity contribution in [3.8, 4) is 10.6 Å². The van der Waals surface area contributed by atoms with E-state index in [1.807, 2.05) is 0 Å². The Morgan fingerprint density at radius 3 is 2.78 bits per heavy atom. The van der Waals surface area contributed by atoms with Crippen molar-refractivity contribution >= 4 is 23.2 Å². The molecule has 3 rings (SSSR count). The largest absolute Gasteiger partial charge is 0.480 e. The molecule has 122 valence electrons. The van der Waals surface area contributed by atoms with Crippen LogP contribution >= 0.6 is 11.3 Å². The molecule has 2 N–H and O–H groups in total. The second kappa shape index (κ2) is 6.16. The van der Waals surface area contributed by atoms with Gasteiger partial charge in [0.1, 0.15) is 22.5 Å². The number of nitrogens with one attached hydrogen (secondary N) is 1. The molecule has 7 heteroatoms. The van der Waals surface area contributed by atoms with E-state index >= 15 is 0 Å². The van der Waals surface area contributed by atoms with E-state index in [0.717, 1.165) is 18.4 Å². The van der Waals surface area contributed by atoms with Crippen LogP contribution in [-0.4, -0.2) is 27.5 Å². The standard InChI is InChI=1S/C16H18N2O4S/c1-10-2-5-16(6-3-10,15(20)21)18-13(19)12-9-23-14(17-12)11-4-7-22-8-11/h4,7-10H,2-3,5-6H2,1H3,(H,18,19)(H,20,21). The first-order valence-electron chi connectivity index (χ1n) is 7.54. The number of carbonyl (C=O) groups excluding carboxylic acids is 1. The molecule has 0 aliphatic heterocycles. The summed E-state index contributed by atoms with van der Waals surface area (Å²) in [6.07, 6.45) is 5.59. The molecule has 0 aromatic carbocycles. The highest BCUT2D eigenvalue weighted by molar-refractivity contribution is 7.13. The van der Waals surface area contributed by atoms with Gasteiger partial charge in [-0.2, -0.15) is 0 Å². The molecule has 1 amide bonds. The minimum absolute atomic E-state index is 0.241. The number of hydrogen-bond acceptors (Lipinski definition) is 5. The van der Waals surface area contributed by atoms with Crippen molar-refractivity contribution in [3.63, 3.8) is 0 Å². The number of carboxylic acid groups (broad SMARTS) is 1. The van der Waals surface area contributed by atoms with Crippen LogP contribution in [0.4, 0.5) is 0 Å². The van der Waals surface area contributed by atoms with Crippen molar-refractivity contribution in [2.24, 2.45) is 5.92 Å². The van der Waals surface area contributed by atoms with E-state index in [4.69, 9.17) is 4.42 Å². The second-order valence-electron chi connectivity index (χ2n) is 6.07. The van der Waals surface area contributed by atoms with E-state index < -0.39 is 17.4 Å². The number of amides is 1. The van der Waals surface area contributed by atoms with E-state index in [1.54, 1.807) is 24.0 Å². The summed E-state index contributed by atoms with van der Waals surface area (Å²) in [5, 5.41) is 14.6. The molecular weight excluding hydrogens is 316 g/mol. The van der Waals surface area contributed by atoms with Gasteiger partial charge in [-0.15, -0.1) is 11.3 Å². The molecule has 1 fully saturated rings. The fraction of sp³-hybridized carbons (Fsp3) is 0.438. The molecule has 23 heavy (non-hydrogen) atoms. The summed E-state index contributed by atoms with van der Waals surface area (Å²) in [6.45, 7) is 2.10. The summed E-state index contributed by atoms with van der Waals surface area (Å²) >= 11 is 1.33. The third-order valence-electron chi connectivity index (χ3n) is 4.39. The Morgan fingerprint density at radius 1 is 1.43 bits per heavy atom. The third kappa shape index (κ3) is 3.14. The summed E-state index contributed by atoms with van der Waals surface area (Å²) in [5.74, 6) is -0.915. The maximum absolute atomic E-state index is 12.4. The summed E-state index contributed by atoms with van der Waals surface area (Å²) in [6, 6.07) is 1.77. The first-order valence-corrected chi connectivity index (χ1v) is 8.42. The molecule has 6 nitrogen and oxygen atoms in total. The van der Waals surface area contributed by atoms with Crippen LogP contribution in [0.2, 0.25) is 0 Å². The van der Waals surface area contributed by atoms with E-state index in [2.05, 4.69) is 17.2 Å². The predicted octanol–water partition coefficient (Wildman–Crippen LogP) is 3.17. The lowest BCUT2D eigenvalue weighted by molar-refractivity contribution is -0.146. The van der Waals surface area contributed by atoms with Crippen molar-refractivity contribution in [1.82, 2.24) is 10.3 Å². The van der Waals surface area contributed by atoms with Gasteiger partial charge in [0.15, 0.2) is 0 Å². The zero-order valence-corrected chi connectivity index (χ0v) is 13.6. The second-order valence-corrected chi connectivity index (χ2v) is 6.93. The molecule has 2 aromatic rings. The summed E-state index contributed by atoms with van der Waals surface area (Å²) < 4.78 is 5.01. The van der Waals surface area contributed by atoms with Crippen LogP contribution in [0.15, 0.2) is 28.4 Å². The molecule has 0 bridgehead atoms. The zero-order valence-electron chi connectivity index (χ0n) is 12.7. The lowest BCUT2D eigenvalue weighted by Crippen LogP contribution is -2.56. The quantitative estimate of drug-likeness (QED) is 0.896. The summed E-state index contributed by atoms with van der Waals surface area (Å²) in [7, 11) is 0. The van der Waals surface area contributed by atoms with Crippen LogP contribution in [0, 0.1) is 5.92 Å². The Kier molecular flexibility index (Phi) is 4.21. The number of carbonyl (C=O) groups is 2. The molecule has 2 aromatic heterocycles. The minimum atomic E-state index is -1.18. The number of aromatic nitrogens is 1. The fourth-order valence-electron chi connectivity index (χ4n) is 2.83. The van der Waals surface area contributed by atoms with E-state index in [0.29, 0.717) is 23.8 Å². The molecule has 1 aliphatic rings. The molecule has 0 saturated heterocycles. The summed E-state index contributed by atoms with van der Waals surface area (Å²) in [4.78, 5) is 28.4.